The number of rotatable bonds is 6. The van der Waals surface area contributed by atoms with E-state index in [0.29, 0.717) is 23.9 Å². The fourth-order valence-corrected chi connectivity index (χ4v) is 6.38. The van der Waals surface area contributed by atoms with E-state index < -0.39 is 10.6 Å². The molecule has 2 amide bonds. The number of carbonyl (C=O) groups excluding carboxylic acids is 1. The van der Waals surface area contributed by atoms with Crippen LogP contribution in [0.25, 0.3) is 11.3 Å². The predicted molar refractivity (Wildman–Crippen MR) is 147 cm³/mol. The molecule has 0 radical (unpaired) electrons. The number of amides is 2. The SMILES string of the molecule is CCS(O)(O)c1ccc(CNC(=O)N2CC3(CCCC3)c3nc(-c4cnc(OC)cc4C)ccc32)cc1. The first-order valence-electron chi connectivity index (χ1n) is 12.7. The highest BCUT2D eigenvalue weighted by Crippen LogP contribution is 2.50. The molecular formula is C28H34N4O4S. The molecule has 1 spiro atoms. The summed E-state index contributed by atoms with van der Waals surface area (Å²) in [4.78, 5) is 25.2. The van der Waals surface area contributed by atoms with Crippen molar-refractivity contribution in [3.63, 3.8) is 0 Å². The molecule has 0 saturated heterocycles. The lowest BCUT2D eigenvalue weighted by atomic mass is 9.84. The zero-order chi connectivity index (χ0) is 26.2. The van der Waals surface area contributed by atoms with Crippen molar-refractivity contribution in [2.24, 2.45) is 0 Å². The first kappa shape index (κ1) is 25.5. The molecule has 3 heterocycles. The molecule has 9 heteroatoms. The maximum Gasteiger partial charge on any atom is 0.322 e. The van der Waals surface area contributed by atoms with Crippen LogP contribution in [0.4, 0.5) is 10.5 Å². The summed E-state index contributed by atoms with van der Waals surface area (Å²) in [5.41, 5.74) is 5.51. The summed E-state index contributed by atoms with van der Waals surface area (Å²) in [7, 11) is -1.14. The van der Waals surface area contributed by atoms with Crippen molar-refractivity contribution >= 4 is 22.3 Å². The number of hydrogen-bond donors (Lipinski definition) is 3. The van der Waals surface area contributed by atoms with Gasteiger partial charge in [0.25, 0.3) is 0 Å². The number of aryl methyl sites for hydroxylation is 1. The average molecular weight is 523 g/mol. The Morgan fingerprint density at radius 2 is 1.89 bits per heavy atom. The Balaban J connectivity index is 1.37. The number of carbonyl (C=O) groups is 1. The largest absolute Gasteiger partial charge is 0.481 e. The van der Waals surface area contributed by atoms with Crippen LogP contribution in [0.2, 0.25) is 0 Å². The number of ether oxygens (including phenoxy) is 1. The molecule has 0 atom stereocenters. The number of anilines is 1. The van der Waals surface area contributed by atoms with Gasteiger partial charge in [0.2, 0.25) is 5.88 Å². The third kappa shape index (κ3) is 4.79. The second-order valence-corrected chi connectivity index (χ2v) is 12.3. The van der Waals surface area contributed by atoms with Crippen LogP contribution in [0.3, 0.4) is 0 Å². The number of pyridine rings is 2. The first-order valence-corrected chi connectivity index (χ1v) is 14.4. The number of aromatic nitrogens is 2. The standard InChI is InChI=1S/C28H34N4O4S/c1-4-37(34,35)21-9-7-20(8-10-21)16-30-27(33)32-18-28(13-5-6-14-28)26-24(32)12-11-23(31-26)22-17-29-25(36-3)15-19(22)2/h7-12,15,17,34-35H,4-6,13-14,16,18H2,1-3H3,(H,30,33). The Hall–Kier alpha value is -3.14. The van der Waals surface area contributed by atoms with E-state index in [1.807, 2.05) is 42.2 Å². The number of nitrogens with zero attached hydrogens (tertiary/aromatic N) is 3. The highest BCUT2D eigenvalue weighted by molar-refractivity contribution is 8.24. The van der Waals surface area contributed by atoms with Gasteiger partial charge in [-0.2, -0.15) is 10.6 Å². The average Bonchev–Trinajstić information content (AvgIpc) is 3.52. The maximum atomic E-state index is 13.4. The molecule has 5 rings (SSSR count). The van der Waals surface area contributed by atoms with Crippen LogP contribution in [0.5, 0.6) is 5.88 Å². The summed E-state index contributed by atoms with van der Waals surface area (Å²) < 4.78 is 25.5. The van der Waals surface area contributed by atoms with Gasteiger partial charge in [0.1, 0.15) is 0 Å². The van der Waals surface area contributed by atoms with Crippen LogP contribution in [0.1, 0.15) is 49.4 Å². The van der Waals surface area contributed by atoms with Crippen molar-refractivity contribution in [3.05, 3.63) is 65.5 Å². The van der Waals surface area contributed by atoms with E-state index in [4.69, 9.17) is 9.72 Å². The van der Waals surface area contributed by atoms with E-state index in [-0.39, 0.29) is 17.2 Å². The molecular weight excluding hydrogens is 488 g/mol. The van der Waals surface area contributed by atoms with Crippen LogP contribution in [-0.2, 0) is 12.0 Å². The quantitative estimate of drug-likeness (QED) is 0.359. The highest BCUT2D eigenvalue weighted by atomic mass is 32.3. The number of urea groups is 1. The Morgan fingerprint density at radius 3 is 2.54 bits per heavy atom. The van der Waals surface area contributed by atoms with Gasteiger partial charge in [0.05, 0.1) is 29.1 Å². The Bertz CT molecular complexity index is 1310. The first-order chi connectivity index (χ1) is 17.8. The number of nitrogens with one attached hydrogen (secondary N) is 1. The molecule has 8 nitrogen and oxygen atoms in total. The lowest BCUT2D eigenvalue weighted by molar-refractivity contribution is 0.245. The van der Waals surface area contributed by atoms with E-state index in [2.05, 4.69) is 10.3 Å². The number of benzene rings is 1. The fourth-order valence-electron chi connectivity index (χ4n) is 5.48. The van der Waals surface area contributed by atoms with Gasteiger partial charge in [-0.3, -0.25) is 14.0 Å². The molecule has 196 valence electrons. The topological polar surface area (TPSA) is 108 Å². The second-order valence-electron chi connectivity index (χ2n) is 9.94. The summed E-state index contributed by atoms with van der Waals surface area (Å²) >= 11 is 0. The molecule has 0 unspecified atom stereocenters. The van der Waals surface area contributed by atoms with Crippen LogP contribution in [0, 0.1) is 6.92 Å². The third-order valence-corrected chi connectivity index (χ3v) is 9.48. The lowest BCUT2D eigenvalue weighted by Gasteiger charge is -2.30. The van der Waals surface area contributed by atoms with Crippen molar-refractivity contribution < 1.29 is 18.6 Å². The fraction of sp³-hybridized carbons (Fsp3) is 0.393. The monoisotopic (exact) mass is 522 g/mol. The van der Waals surface area contributed by atoms with Crippen molar-refractivity contribution in [1.82, 2.24) is 15.3 Å². The van der Waals surface area contributed by atoms with Gasteiger partial charge in [-0.25, -0.2) is 14.8 Å². The molecule has 2 aromatic heterocycles. The third-order valence-electron chi connectivity index (χ3n) is 7.65. The van der Waals surface area contributed by atoms with E-state index in [1.165, 1.54) is 0 Å². The van der Waals surface area contributed by atoms with E-state index in [1.54, 1.807) is 32.4 Å². The Kier molecular flexibility index (Phi) is 6.87. The van der Waals surface area contributed by atoms with Crippen LogP contribution >= 0.6 is 10.6 Å². The predicted octanol–water partition coefficient (Wildman–Crippen LogP) is 6.13. The van der Waals surface area contributed by atoms with E-state index in [0.717, 1.165) is 59.4 Å². The molecule has 3 N–H and O–H groups in total. The van der Waals surface area contributed by atoms with Crippen LogP contribution < -0.4 is 15.0 Å². The molecule has 1 fully saturated rings. The zero-order valence-corrected chi connectivity index (χ0v) is 22.3. The summed E-state index contributed by atoms with van der Waals surface area (Å²) in [5.74, 6) is 0.856. The minimum Gasteiger partial charge on any atom is -0.481 e. The Labute approximate surface area is 219 Å². The van der Waals surface area contributed by atoms with Crippen molar-refractivity contribution in [2.45, 2.75) is 56.4 Å². The molecule has 1 aliphatic carbocycles. The van der Waals surface area contributed by atoms with Gasteiger partial charge < -0.3 is 10.1 Å². The Morgan fingerprint density at radius 1 is 1.16 bits per heavy atom. The lowest BCUT2D eigenvalue weighted by Crippen LogP contribution is -2.41. The van der Waals surface area contributed by atoms with Gasteiger partial charge >= 0.3 is 6.03 Å². The molecule has 3 aromatic rings. The van der Waals surface area contributed by atoms with Crippen molar-refractivity contribution in [3.8, 4) is 17.1 Å². The summed E-state index contributed by atoms with van der Waals surface area (Å²) in [6.45, 7) is 4.75. The molecule has 1 aliphatic heterocycles. The number of hydrogen-bond acceptors (Lipinski definition) is 6. The molecule has 1 saturated carbocycles. The second kappa shape index (κ2) is 9.96. The van der Waals surface area contributed by atoms with Crippen LogP contribution in [-0.4, -0.2) is 44.5 Å². The van der Waals surface area contributed by atoms with Crippen molar-refractivity contribution in [2.75, 3.05) is 24.3 Å². The normalized spacial score (nSPS) is 16.6. The van der Waals surface area contributed by atoms with Gasteiger partial charge in [0, 0.05) is 42.1 Å². The highest BCUT2D eigenvalue weighted by Gasteiger charge is 2.47. The van der Waals surface area contributed by atoms with Gasteiger partial charge in [-0.05, 0) is 62.1 Å². The summed E-state index contributed by atoms with van der Waals surface area (Å²) in [5, 5.41) is 3.05. The molecule has 1 aromatic carbocycles. The zero-order valence-electron chi connectivity index (χ0n) is 21.5. The number of methoxy groups -OCH3 is 1. The summed E-state index contributed by atoms with van der Waals surface area (Å²) in [6.07, 6.45) is 6.10. The smallest absolute Gasteiger partial charge is 0.322 e. The molecule has 2 aliphatic rings. The van der Waals surface area contributed by atoms with Crippen molar-refractivity contribution in [1.29, 1.82) is 0 Å². The van der Waals surface area contributed by atoms with Gasteiger partial charge in [-0.1, -0.05) is 25.0 Å². The molecule has 0 bridgehead atoms. The minimum atomic E-state index is -2.75. The molecule has 37 heavy (non-hydrogen) atoms. The summed E-state index contributed by atoms with van der Waals surface area (Å²) in [6, 6.07) is 12.8. The van der Waals surface area contributed by atoms with E-state index >= 15 is 0 Å². The van der Waals surface area contributed by atoms with Crippen LogP contribution in [0.15, 0.2) is 53.6 Å². The van der Waals surface area contributed by atoms with Gasteiger partial charge in [-0.15, -0.1) is 0 Å². The number of fused-ring (bicyclic) bond motifs is 2. The van der Waals surface area contributed by atoms with Gasteiger partial charge in [0.15, 0.2) is 0 Å². The minimum absolute atomic E-state index is 0.118. The van der Waals surface area contributed by atoms with E-state index in [9.17, 15) is 13.9 Å². The maximum absolute atomic E-state index is 13.4.